The Labute approximate surface area is 71.6 Å². The summed E-state index contributed by atoms with van der Waals surface area (Å²) in [5.74, 6) is 0.485. The van der Waals surface area contributed by atoms with Gasteiger partial charge in [0, 0.05) is 5.56 Å². The van der Waals surface area contributed by atoms with Gasteiger partial charge in [0.2, 0.25) is 0 Å². The third-order valence-corrected chi connectivity index (χ3v) is 2.33. The Morgan fingerprint density at radius 2 is 2.17 bits per heavy atom. The van der Waals surface area contributed by atoms with Crippen molar-refractivity contribution in [2.75, 3.05) is 0 Å². The molecule has 0 spiro atoms. The van der Waals surface area contributed by atoms with Gasteiger partial charge in [-0.1, -0.05) is 0 Å². The summed E-state index contributed by atoms with van der Waals surface area (Å²) < 4.78 is 24.6. The van der Waals surface area contributed by atoms with Crippen molar-refractivity contribution >= 4 is 11.1 Å². The van der Waals surface area contributed by atoms with E-state index >= 15 is 0 Å². The zero-order valence-electron chi connectivity index (χ0n) is 6.06. The molecule has 1 heterocycles. The molecule has 0 fully saturated rings. The maximum atomic E-state index is 10.7. The van der Waals surface area contributed by atoms with Crippen molar-refractivity contribution in [2.45, 2.75) is 4.90 Å². The number of hydrogen-bond acceptors (Lipinski definition) is 2. The summed E-state index contributed by atoms with van der Waals surface area (Å²) >= 11 is -1.97. The summed E-state index contributed by atoms with van der Waals surface area (Å²) in [4.78, 5) is 0.325. The standard InChI is InChI=1S/C8H6O3S/c9-12(10)7-4-3-6-2-1-5-11-8(6)7/h1-5H,(H,9,10). The first-order chi connectivity index (χ1) is 5.79. The molecule has 0 aromatic carbocycles. The second-order valence-electron chi connectivity index (χ2n) is 2.34. The summed E-state index contributed by atoms with van der Waals surface area (Å²) in [5, 5.41) is 0. The van der Waals surface area contributed by atoms with E-state index in [1.54, 1.807) is 18.2 Å². The fraction of sp³-hybridized carbons (Fsp3) is 0. The third-order valence-electron chi connectivity index (χ3n) is 1.63. The van der Waals surface area contributed by atoms with Gasteiger partial charge in [0.1, 0.15) is 4.90 Å². The van der Waals surface area contributed by atoms with Crippen molar-refractivity contribution in [2.24, 2.45) is 0 Å². The van der Waals surface area contributed by atoms with Crippen molar-refractivity contribution < 1.29 is 13.2 Å². The number of rotatable bonds is 1. The first-order valence-electron chi connectivity index (χ1n) is 3.36. The van der Waals surface area contributed by atoms with E-state index in [0.29, 0.717) is 10.7 Å². The Bertz CT molecular complexity index is 393. The lowest BCUT2D eigenvalue weighted by Gasteiger charge is -1.97. The average molecular weight is 182 g/mol. The molecule has 12 heavy (non-hydrogen) atoms. The predicted octanol–water partition coefficient (Wildman–Crippen LogP) is 1.97. The molecule has 1 N–H and O–H groups in total. The van der Waals surface area contributed by atoms with E-state index in [1.165, 1.54) is 6.26 Å². The van der Waals surface area contributed by atoms with Crippen LogP contribution in [0.1, 0.15) is 0 Å². The largest absolute Gasteiger partial charge is 0.463 e. The van der Waals surface area contributed by atoms with Crippen LogP contribution in [0.2, 0.25) is 0 Å². The van der Waals surface area contributed by atoms with Crippen LogP contribution in [-0.2, 0) is 11.1 Å². The molecule has 3 nitrogen and oxygen atoms in total. The van der Waals surface area contributed by atoms with Gasteiger partial charge in [0.05, 0.1) is 6.26 Å². The molecule has 1 aliphatic carbocycles. The first-order valence-corrected chi connectivity index (χ1v) is 4.47. The molecule has 62 valence electrons. The second kappa shape index (κ2) is 2.73. The second-order valence-corrected chi connectivity index (χ2v) is 3.28. The highest BCUT2D eigenvalue weighted by molar-refractivity contribution is 7.79. The van der Waals surface area contributed by atoms with Crippen LogP contribution in [0.25, 0.3) is 11.3 Å². The van der Waals surface area contributed by atoms with Crippen molar-refractivity contribution in [3.8, 4) is 11.3 Å². The average Bonchev–Trinajstić information content (AvgIpc) is 2.47. The molecule has 0 saturated heterocycles. The number of fused-ring (bicyclic) bond motifs is 1. The normalized spacial score (nSPS) is 13.4. The monoisotopic (exact) mass is 182 g/mol. The Kier molecular flexibility index (Phi) is 1.71. The zero-order valence-corrected chi connectivity index (χ0v) is 6.88. The zero-order chi connectivity index (χ0) is 8.55. The van der Waals surface area contributed by atoms with E-state index in [4.69, 9.17) is 8.97 Å². The van der Waals surface area contributed by atoms with Crippen LogP contribution in [0.5, 0.6) is 0 Å². The minimum absolute atomic E-state index is 0.325. The molecule has 0 aromatic heterocycles. The molecule has 1 unspecified atom stereocenters. The Morgan fingerprint density at radius 1 is 1.33 bits per heavy atom. The van der Waals surface area contributed by atoms with Gasteiger partial charge >= 0.3 is 0 Å². The highest BCUT2D eigenvalue weighted by Crippen LogP contribution is 2.29. The summed E-state index contributed by atoms with van der Waals surface area (Å²) in [6.45, 7) is 0. The third kappa shape index (κ3) is 1.05. The molecule has 0 aromatic rings. The SMILES string of the molecule is O=S(O)c1ccc2cccoc1-2. The van der Waals surface area contributed by atoms with Crippen molar-refractivity contribution in [3.05, 3.63) is 30.5 Å². The Balaban J connectivity index is 2.67. The van der Waals surface area contributed by atoms with Crippen LogP contribution in [-0.4, -0.2) is 8.76 Å². The van der Waals surface area contributed by atoms with E-state index in [-0.39, 0.29) is 0 Å². The van der Waals surface area contributed by atoms with Crippen LogP contribution in [0.3, 0.4) is 0 Å². The molecule has 1 aliphatic heterocycles. The van der Waals surface area contributed by atoms with Gasteiger partial charge in [0.25, 0.3) is 0 Å². The molecule has 1 atom stereocenters. The highest BCUT2D eigenvalue weighted by atomic mass is 32.2. The van der Waals surface area contributed by atoms with E-state index in [1.807, 2.05) is 6.07 Å². The molecular formula is C8H6O3S. The van der Waals surface area contributed by atoms with E-state index in [0.717, 1.165) is 5.56 Å². The van der Waals surface area contributed by atoms with Crippen LogP contribution < -0.4 is 0 Å². The van der Waals surface area contributed by atoms with Crippen LogP contribution in [0, 0.1) is 0 Å². The maximum absolute atomic E-state index is 10.7. The van der Waals surface area contributed by atoms with Gasteiger partial charge < -0.3 is 8.97 Å². The molecule has 2 rings (SSSR count). The minimum Gasteiger partial charge on any atom is -0.463 e. The van der Waals surface area contributed by atoms with Gasteiger partial charge in [-0.25, -0.2) is 4.21 Å². The molecule has 2 aliphatic rings. The fourth-order valence-corrected chi connectivity index (χ4v) is 1.61. The quantitative estimate of drug-likeness (QED) is 0.686. The van der Waals surface area contributed by atoms with E-state index in [2.05, 4.69) is 0 Å². The lowest BCUT2D eigenvalue weighted by Crippen LogP contribution is -1.86. The first kappa shape index (κ1) is 7.52. The van der Waals surface area contributed by atoms with Gasteiger partial charge in [-0.2, -0.15) is 0 Å². The number of hydrogen-bond donors (Lipinski definition) is 1. The smallest absolute Gasteiger partial charge is 0.190 e. The van der Waals surface area contributed by atoms with Crippen LogP contribution >= 0.6 is 0 Å². The molecule has 4 heteroatoms. The summed E-state index contributed by atoms with van der Waals surface area (Å²) in [5.41, 5.74) is 0.843. The van der Waals surface area contributed by atoms with Crippen molar-refractivity contribution in [1.82, 2.24) is 0 Å². The van der Waals surface area contributed by atoms with E-state index < -0.39 is 11.1 Å². The highest BCUT2D eigenvalue weighted by Gasteiger charge is 2.14. The molecule has 0 radical (unpaired) electrons. The Hall–Kier alpha value is -1.13. The lowest BCUT2D eigenvalue weighted by atomic mass is 10.3. The lowest BCUT2D eigenvalue weighted by molar-refractivity contribution is 0.540. The van der Waals surface area contributed by atoms with Crippen LogP contribution in [0.4, 0.5) is 0 Å². The van der Waals surface area contributed by atoms with Gasteiger partial charge in [-0.3, -0.25) is 0 Å². The molecule has 0 saturated carbocycles. The van der Waals surface area contributed by atoms with E-state index in [9.17, 15) is 4.21 Å². The van der Waals surface area contributed by atoms with Gasteiger partial charge in [0.15, 0.2) is 16.8 Å². The molecule has 0 amide bonds. The molecule has 0 bridgehead atoms. The van der Waals surface area contributed by atoms with Crippen molar-refractivity contribution in [3.63, 3.8) is 0 Å². The summed E-state index contributed by atoms with van der Waals surface area (Å²) in [6, 6.07) is 6.91. The van der Waals surface area contributed by atoms with Crippen molar-refractivity contribution in [1.29, 1.82) is 0 Å². The summed E-state index contributed by atoms with van der Waals surface area (Å²) in [6.07, 6.45) is 1.48. The molecular weight excluding hydrogens is 176 g/mol. The Morgan fingerprint density at radius 3 is 2.92 bits per heavy atom. The van der Waals surface area contributed by atoms with Crippen LogP contribution in [0.15, 0.2) is 39.8 Å². The summed E-state index contributed by atoms with van der Waals surface area (Å²) in [7, 11) is 0. The van der Waals surface area contributed by atoms with Gasteiger partial charge in [-0.05, 0) is 24.3 Å². The maximum Gasteiger partial charge on any atom is 0.190 e. The fourth-order valence-electron chi connectivity index (χ4n) is 1.10. The minimum atomic E-state index is -1.97. The van der Waals surface area contributed by atoms with Gasteiger partial charge in [-0.15, -0.1) is 0 Å². The predicted molar refractivity (Wildman–Crippen MR) is 44.4 cm³/mol. The topological polar surface area (TPSA) is 50.4 Å².